The number of benzene rings is 1. The summed E-state index contributed by atoms with van der Waals surface area (Å²) in [7, 11) is 1.66. The van der Waals surface area contributed by atoms with Crippen LogP contribution in [-0.4, -0.2) is 13.4 Å². The number of carbonyl (C=O) groups excluding carboxylic acids is 1. The largest absolute Gasteiger partial charge is 0.496 e. The zero-order valence-electron chi connectivity index (χ0n) is 7.57. The van der Waals surface area contributed by atoms with E-state index < -0.39 is 0 Å². The maximum absolute atomic E-state index is 10.5. The molecule has 0 amide bonds. The number of methoxy groups -OCH3 is 1. The summed E-state index contributed by atoms with van der Waals surface area (Å²) in [4.78, 5) is 10.5. The number of carbonyl (C=O) groups is 1. The second-order valence-electron chi connectivity index (χ2n) is 3.38. The number of aldehydes is 1. The minimum Gasteiger partial charge on any atom is -0.496 e. The fourth-order valence-corrected chi connectivity index (χ4v) is 1.70. The summed E-state index contributed by atoms with van der Waals surface area (Å²) >= 11 is 0. The van der Waals surface area contributed by atoms with Crippen LogP contribution in [0.5, 0.6) is 5.75 Å². The SMILES string of the molecule is COc1ccccc1C1CC1C=O. The fourth-order valence-electron chi connectivity index (χ4n) is 1.70. The molecule has 1 aromatic carbocycles. The van der Waals surface area contributed by atoms with Gasteiger partial charge in [0.15, 0.2) is 0 Å². The molecule has 0 radical (unpaired) electrons. The maximum Gasteiger partial charge on any atom is 0.123 e. The van der Waals surface area contributed by atoms with Crippen LogP contribution in [0.1, 0.15) is 17.9 Å². The lowest BCUT2D eigenvalue weighted by atomic mass is 10.1. The maximum atomic E-state index is 10.5. The first kappa shape index (κ1) is 8.30. The van der Waals surface area contributed by atoms with Crippen LogP contribution >= 0.6 is 0 Å². The highest BCUT2D eigenvalue weighted by molar-refractivity contribution is 5.62. The molecule has 0 bridgehead atoms. The summed E-state index contributed by atoms with van der Waals surface area (Å²) in [6.07, 6.45) is 2.01. The summed E-state index contributed by atoms with van der Waals surface area (Å²) in [6, 6.07) is 7.90. The van der Waals surface area contributed by atoms with Crippen molar-refractivity contribution in [3.05, 3.63) is 29.8 Å². The Kier molecular flexibility index (Phi) is 2.05. The molecule has 1 aromatic rings. The van der Waals surface area contributed by atoms with Gasteiger partial charge in [-0.05, 0) is 24.0 Å². The molecule has 2 heteroatoms. The van der Waals surface area contributed by atoms with Crippen LogP contribution in [0, 0.1) is 5.92 Å². The van der Waals surface area contributed by atoms with Crippen molar-refractivity contribution in [1.29, 1.82) is 0 Å². The van der Waals surface area contributed by atoms with E-state index in [0.717, 1.165) is 18.5 Å². The van der Waals surface area contributed by atoms with Crippen molar-refractivity contribution in [3.63, 3.8) is 0 Å². The molecule has 1 saturated carbocycles. The number of rotatable bonds is 3. The molecule has 13 heavy (non-hydrogen) atoms. The predicted octanol–water partition coefficient (Wildman–Crippen LogP) is 2.00. The van der Waals surface area contributed by atoms with E-state index in [4.69, 9.17) is 4.74 Å². The van der Waals surface area contributed by atoms with E-state index in [2.05, 4.69) is 0 Å². The Morgan fingerprint density at radius 2 is 2.23 bits per heavy atom. The van der Waals surface area contributed by atoms with Crippen molar-refractivity contribution in [1.82, 2.24) is 0 Å². The molecule has 2 atom stereocenters. The zero-order chi connectivity index (χ0) is 9.26. The number of ether oxygens (including phenoxy) is 1. The van der Waals surface area contributed by atoms with Crippen LogP contribution < -0.4 is 4.74 Å². The Balaban J connectivity index is 2.25. The van der Waals surface area contributed by atoms with Gasteiger partial charge in [0.25, 0.3) is 0 Å². The smallest absolute Gasteiger partial charge is 0.123 e. The van der Waals surface area contributed by atoms with Gasteiger partial charge in [0.05, 0.1) is 7.11 Å². The second kappa shape index (κ2) is 3.21. The summed E-state index contributed by atoms with van der Waals surface area (Å²) in [6.45, 7) is 0. The van der Waals surface area contributed by atoms with Crippen LogP contribution in [0.3, 0.4) is 0 Å². The normalized spacial score (nSPS) is 25.3. The van der Waals surface area contributed by atoms with E-state index in [1.165, 1.54) is 5.56 Å². The fraction of sp³-hybridized carbons (Fsp3) is 0.364. The van der Waals surface area contributed by atoms with E-state index in [0.29, 0.717) is 5.92 Å². The first-order chi connectivity index (χ1) is 6.36. The van der Waals surface area contributed by atoms with Gasteiger partial charge in [0, 0.05) is 5.92 Å². The highest BCUT2D eigenvalue weighted by Gasteiger charge is 2.39. The van der Waals surface area contributed by atoms with Crippen molar-refractivity contribution in [2.45, 2.75) is 12.3 Å². The zero-order valence-corrected chi connectivity index (χ0v) is 7.57. The first-order valence-corrected chi connectivity index (χ1v) is 4.45. The third-order valence-electron chi connectivity index (χ3n) is 2.55. The third-order valence-corrected chi connectivity index (χ3v) is 2.55. The molecular weight excluding hydrogens is 164 g/mol. The molecule has 0 saturated heterocycles. The Bertz CT molecular complexity index is 320. The monoisotopic (exact) mass is 176 g/mol. The van der Waals surface area contributed by atoms with E-state index in [1.54, 1.807) is 7.11 Å². The minimum atomic E-state index is 0.219. The lowest BCUT2D eigenvalue weighted by molar-refractivity contribution is -0.108. The van der Waals surface area contributed by atoms with Crippen molar-refractivity contribution in [3.8, 4) is 5.75 Å². The van der Waals surface area contributed by atoms with Gasteiger partial charge < -0.3 is 9.53 Å². The highest BCUT2D eigenvalue weighted by atomic mass is 16.5. The van der Waals surface area contributed by atoms with E-state index in [1.807, 2.05) is 24.3 Å². The predicted molar refractivity (Wildman–Crippen MR) is 49.9 cm³/mol. The first-order valence-electron chi connectivity index (χ1n) is 4.45. The van der Waals surface area contributed by atoms with Crippen LogP contribution in [0.15, 0.2) is 24.3 Å². The quantitative estimate of drug-likeness (QED) is 0.658. The molecule has 2 rings (SSSR count). The van der Waals surface area contributed by atoms with Crippen LogP contribution in [0.2, 0.25) is 0 Å². The highest BCUT2D eigenvalue weighted by Crippen LogP contribution is 2.48. The molecular formula is C11H12O2. The Morgan fingerprint density at radius 1 is 1.46 bits per heavy atom. The third kappa shape index (κ3) is 1.44. The van der Waals surface area contributed by atoms with Crippen molar-refractivity contribution >= 4 is 6.29 Å². The molecule has 1 aliphatic carbocycles. The van der Waals surface area contributed by atoms with Gasteiger partial charge in [-0.3, -0.25) is 0 Å². The second-order valence-corrected chi connectivity index (χ2v) is 3.38. The Morgan fingerprint density at radius 3 is 2.85 bits per heavy atom. The molecule has 1 aliphatic rings. The van der Waals surface area contributed by atoms with E-state index in [9.17, 15) is 4.79 Å². The summed E-state index contributed by atoms with van der Waals surface area (Å²) in [5.41, 5.74) is 1.17. The average molecular weight is 176 g/mol. The molecule has 0 aliphatic heterocycles. The lowest BCUT2D eigenvalue weighted by Crippen LogP contribution is -1.91. The number of hydrogen-bond acceptors (Lipinski definition) is 2. The van der Waals surface area contributed by atoms with E-state index >= 15 is 0 Å². The summed E-state index contributed by atoms with van der Waals surface area (Å²) in [5, 5.41) is 0. The molecule has 0 aromatic heterocycles. The average Bonchev–Trinajstić information content (AvgIpc) is 2.96. The van der Waals surface area contributed by atoms with Gasteiger partial charge in [-0.2, -0.15) is 0 Å². The molecule has 0 heterocycles. The number of hydrogen-bond donors (Lipinski definition) is 0. The van der Waals surface area contributed by atoms with Crippen molar-refractivity contribution < 1.29 is 9.53 Å². The van der Waals surface area contributed by atoms with Gasteiger partial charge in [-0.25, -0.2) is 0 Å². The standard InChI is InChI=1S/C11H12O2/c1-13-11-5-3-2-4-9(11)10-6-8(10)7-12/h2-5,7-8,10H,6H2,1H3. The van der Waals surface area contributed by atoms with Gasteiger partial charge in [0.1, 0.15) is 12.0 Å². The van der Waals surface area contributed by atoms with Crippen LogP contribution in [-0.2, 0) is 4.79 Å². The molecule has 2 nitrogen and oxygen atoms in total. The Labute approximate surface area is 77.5 Å². The molecule has 2 unspecified atom stereocenters. The summed E-state index contributed by atoms with van der Waals surface area (Å²) < 4.78 is 5.22. The van der Waals surface area contributed by atoms with Crippen molar-refractivity contribution in [2.75, 3.05) is 7.11 Å². The topological polar surface area (TPSA) is 26.3 Å². The number of para-hydroxylation sites is 1. The van der Waals surface area contributed by atoms with Gasteiger partial charge in [-0.1, -0.05) is 18.2 Å². The Hall–Kier alpha value is -1.31. The summed E-state index contributed by atoms with van der Waals surface area (Å²) in [5.74, 6) is 1.52. The molecule has 1 fully saturated rings. The van der Waals surface area contributed by atoms with Gasteiger partial charge in [-0.15, -0.1) is 0 Å². The molecule has 0 N–H and O–H groups in total. The van der Waals surface area contributed by atoms with Crippen LogP contribution in [0.25, 0.3) is 0 Å². The van der Waals surface area contributed by atoms with Gasteiger partial charge in [0.2, 0.25) is 0 Å². The van der Waals surface area contributed by atoms with Crippen molar-refractivity contribution in [2.24, 2.45) is 5.92 Å². The van der Waals surface area contributed by atoms with Gasteiger partial charge >= 0.3 is 0 Å². The lowest BCUT2D eigenvalue weighted by Gasteiger charge is -2.05. The molecule has 0 spiro atoms. The minimum absolute atomic E-state index is 0.219. The van der Waals surface area contributed by atoms with E-state index in [-0.39, 0.29) is 5.92 Å². The molecule has 68 valence electrons. The van der Waals surface area contributed by atoms with Crippen LogP contribution in [0.4, 0.5) is 0 Å².